The zero-order chi connectivity index (χ0) is 13.8. The molecule has 0 spiro atoms. The molecular weight excluding hydrogens is 242 g/mol. The minimum absolute atomic E-state index is 0.0915. The van der Waals surface area contributed by atoms with Crippen LogP contribution in [0.1, 0.15) is 36.0 Å². The van der Waals surface area contributed by atoms with E-state index in [1.165, 1.54) is 0 Å². The van der Waals surface area contributed by atoms with E-state index in [0.717, 1.165) is 25.7 Å². The summed E-state index contributed by atoms with van der Waals surface area (Å²) in [6.07, 6.45) is 3.31. The van der Waals surface area contributed by atoms with E-state index in [4.69, 9.17) is 4.74 Å². The number of hydrogen-bond donors (Lipinski definition) is 1. The number of hydrogen-bond acceptors (Lipinski definition) is 3. The number of rotatable bonds is 3. The summed E-state index contributed by atoms with van der Waals surface area (Å²) in [7, 11) is 3.32. The van der Waals surface area contributed by atoms with Crippen LogP contribution < -0.4 is 4.74 Å². The maximum Gasteiger partial charge on any atom is 0.257 e. The van der Waals surface area contributed by atoms with Crippen molar-refractivity contribution in [1.29, 1.82) is 0 Å². The number of aliphatic hydroxyl groups excluding tert-OH is 1. The lowest BCUT2D eigenvalue weighted by molar-refractivity contribution is 0.0266. The molecule has 1 amide bonds. The molecular formula is C15H21NO3. The number of carbonyl (C=O) groups excluding carboxylic acids is 1. The molecule has 0 bridgehead atoms. The highest BCUT2D eigenvalue weighted by Gasteiger charge is 2.30. The van der Waals surface area contributed by atoms with Gasteiger partial charge in [0.25, 0.3) is 5.91 Å². The maximum absolute atomic E-state index is 12.5. The third-order valence-corrected chi connectivity index (χ3v) is 3.85. The Morgan fingerprint density at radius 1 is 1.32 bits per heavy atom. The van der Waals surface area contributed by atoms with Gasteiger partial charge in [0.15, 0.2) is 0 Å². The van der Waals surface area contributed by atoms with Crippen LogP contribution in [0.2, 0.25) is 0 Å². The van der Waals surface area contributed by atoms with Crippen LogP contribution in [0.15, 0.2) is 24.3 Å². The number of ether oxygens (including phenoxy) is 1. The molecule has 1 N–H and O–H groups in total. The number of nitrogens with zero attached hydrogens (tertiary/aromatic N) is 1. The molecule has 0 radical (unpaired) electrons. The van der Waals surface area contributed by atoms with E-state index in [1.54, 1.807) is 31.2 Å². The minimum atomic E-state index is -0.419. The quantitative estimate of drug-likeness (QED) is 0.908. The SMILES string of the molecule is COc1ccccc1C(=O)N(C)[C@H]1CCCC[C@@H]1O. The lowest BCUT2D eigenvalue weighted by Gasteiger charge is -2.35. The molecule has 2 atom stereocenters. The van der Waals surface area contributed by atoms with Gasteiger partial charge in [-0.05, 0) is 25.0 Å². The van der Waals surface area contributed by atoms with Crippen molar-refractivity contribution in [3.05, 3.63) is 29.8 Å². The molecule has 1 aromatic rings. The minimum Gasteiger partial charge on any atom is -0.496 e. The van der Waals surface area contributed by atoms with Crippen LogP contribution in [0.4, 0.5) is 0 Å². The molecule has 0 aromatic heterocycles. The normalized spacial score (nSPS) is 22.9. The van der Waals surface area contributed by atoms with E-state index in [1.807, 2.05) is 12.1 Å². The summed E-state index contributed by atoms with van der Waals surface area (Å²) < 4.78 is 5.22. The fourth-order valence-electron chi connectivity index (χ4n) is 2.71. The fraction of sp³-hybridized carbons (Fsp3) is 0.533. The summed E-state index contributed by atoms with van der Waals surface area (Å²) in [5, 5.41) is 10.0. The van der Waals surface area contributed by atoms with Crippen LogP contribution >= 0.6 is 0 Å². The molecule has 0 unspecified atom stereocenters. The van der Waals surface area contributed by atoms with Gasteiger partial charge in [0.05, 0.1) is 24.8 Å². The Hall–Kier alpha value is -1.55. The van der Waals surface area contributed by atoms with Crippen molar-refractivity contribution in [3.8, 4) is 5.75 Å². The molecule has 19 heavy (non-hydrogen) atoms. The van der Waals surface area contributed by atoms with E-state index >= 15 is 0 Å². The van der Waals surface area contributed by atoms with E-state index < -0.39 is 6.10 Å². The largest absolute Gasteiger partial charge is 0.496 e. The summed E-state index contributed by atoms with van der Waals surface area (Å²) in [6.45, 7) is 0. The number of para-hydroxylation sites is 1. The second kappa shape index (κ2) is 6.06. The highest BCUT2D eigenvalue weighted by atomic mass is 16.5. The van der Waals surface area contributed by atoms with Gasteiger partial charge in [-0.15, -0.1) is 0 Å². The highest BCUT2D eigenvalue weighted by molar-refractivity contribution is 5.97. The van der Waals surface area contributed by atoms with E-state index in [-0.39, 0.29) is 11.9 Å². The van der Waals surface area contributed by atoms with Crippen molar-refractivity contribution in [1.82, 2.24) is 4.90 Å². The first kappa shape index (κ1) is 13.9. The van der Waals surface area contributed by atoms with Gasteiger partial charge in [-0.25, -0.2) is 0 Å². The summed E-state index contributed by atoms with van der Waals surface area (Å²) in [6, 6.07) is 7.10. The molecule has 1 aromatic carbocycles. The van der Waals surface area contributed by atoms with E-state index in [9.17, 15) is 9.90 Å². The lowest BCUT2D eigenvalue weighted by atomic mass is 9.91. The Kier molecular flexibility index (Phi) is 4.43. The predicted molar refractivity (Wildman–Crippen MR) is 73.4 cm³/mol. The van der Waals surface area contributed by atoms with Crippen molar-refractivity contribution >= 4 is 5.91 Å². The standard InChI is InChI=1S/C15H21NO3/c1-16(12-8-4-5-9-13(12)17)15(18)11-7-3-6-10-14(11)19-2/h3,6-7,10,12-13,17H,4-5,8-9H2,1-2H3/t12-,13-/m0/s1. The molecule has 104 valence electrons. The molecule has 0 saturated heterocycles. The predicted octanol–water partition coefficient (Wildman–Crippen LogP) is 2.07. The van der Waals surface area contributed by atoms with Gasteiger partial charge in [-0.1, -0.05) is 25.0 Å². The smallest absolute Gasteiger partial charge is 0.257 e. The number of amides is 1. The zero-order valence-corrected chi connectivity index (χ0v) is 11.5. The molecule has 4 nitrogen and oxygen atoms in total. The van der Waals surface area contributed by atoms with Gasteiger partial charge in [0.2, 0.25) is 0 Å². The van der Waals surface area contributed by atoms with Crippen molar-refractivity contribution in [3.63, 3.8) is 0 Å². The van der Waals surface area contributed by atoms with Crippen LogP contribution in [-0.4, -0.2) is 42.2 Å². The molecule has 4 heteroatoms. The number of likely N-dealkylation sites (N-methyl/N-ethyl adjacent to an activating group) is 1. The maximum atomic E-state index is 12.5. The Bertz CT molecular complexity index is 447. The van der Waals surface area contributed by atoms with Gasteiger partial charge in [0.1, 0.15) is 5.75 Å². The third kappa shape index (κ3) is 2.89. The first-order valence-electron chi connectivity index (χ1n) is 6.73. The fourth-order valence-corrected chi connectivity index (χ4v) is 2.71. The molecule has 0 aliphatic heterocycles. The van der Waals surface area contributed by atoms with E-state index in [2.05, 4.69) is 0 Å². The van der Waals surface area contributed by atoms with Crippen LogP contribution in [0.3, 0.4) is 0 Å². The third-order valence-electron chi connectivity index (χ3n) is 3.85. The van der Waals surface area contributed by atoms with Gasteiger partial charge in [0, 0.05) is 7.05 Å². The number of aliphatic hydroxyl groups is 1. The van der Waals surface area contributed by atoms with Crippen LogP contribution in [-0.2, 0) is 0 Å². The highest BCUT2D eigenvalue weighted by Crippen LogP contribution is 2.25. The molecule has 1 aliphatic carbocycles. The summed E-state index contributed by atoms with van der Waals surface area (Å²) >= 11 is 0. The number of carbonyl (C=O) groups is 1. The van der Waals surface area contributed by atoms with Crippen molar-refractivity contribution in [2.75, 3.05) is 14.2 Å². The summed E-state index contributed by atoms with van der Waals surface area (Å²) in [4.78, 5) is 14.2. The average Bonchev–Trinajstić information content (AvgIpc) is 2.46. The molecule has 2 rings (SSSR count). The Labute approximate surface area is 114 Å². The van der Waals surface area contributed by atoms with Gasteiger partial charge in [-0.3, -0.25) is 4.79 Å². The Balaban J connectivity index is 2.18. The summed E-state index contributed by atoms with van der Waals surface area (Å²) in [5.41, 5.74) is 0.547. The van der Waals surface area contributed by atoms with Gasteiger partial charge < -0.3 is 14.7 Å². The van der Waals surface area contributed by atoms with E-state index in [0.29, 0.717) is 11.3 Å². The first-order valence-corrected chi connectivity index (χ1v) is 6.73. The second-order valence-corrected chi connectivity index (χ2v) is 5.04. The van der Waals surface area contributed by atoms with Crippen LogP contribution in [0.5, 0.6) is 5.75 Å². The summed E-state index contributed by atoms with van der Waals surface area (Å²) in [5.74, 6) is 0.480. The van der Waals surface area contributed by atoms with Crippen molar-refractivity contribution in [2.24, 2.45) is 0 Å². The van der Waals surface area contributed by atoms with Gasteiger partial charge >= 0.3 is 0 Å². The van der Waals surface area contributed by atoms with Crippen molar-refractivity contribution < 1.29 is 14.6 Å². The molecule has 0 heterocycles. The van der Waals surface area contributed by atoms with Crippen molar-refractivity contribution in [2.45, 2.75) is 37.8 Å². The zero-order valence-electron chi connectivity index (χ0n) is 11.5. The Morgan fingerprint density at radius 2 is 2.00 bits per heavy atom. The van der Waals surface area contributed by atoms with Crippen LogP contribution in [0.25, 0.3) is 0 Å². The molecule has 1 saturated carbocycles. The molecule has 1 aliphatic rings. The Morgan fingerprint density at radius 3 is 2.68 bits per heavy atom. The average molecular weight is 263 g/mol. The lowest BCUT2D eigenvalue weighted by Crippen LogP contribution is -2.46. The topological polar surface area (TPSA) is 49.8 Å². The number of benzene rings is 1. The molecule has 1 fully saturated rings. The first-order chi connectivity index (χ1) is 9.15. The number of methoxy groups -OCH3 is 1. The second-order valence-electron chi connectivity index (χ2n) is 5.04. The van der Waals surface area contributed by atoms with Crippen LogP contribution in [0, 0.1) is 0 Å². The van der Waals surface area contributed by atoms with Gasteiger partial charge in [-0.2, -0.15) is 0 Å². The monoisotopic (exact) mass is 263 g/mol.